The number of hydrogen-bond acceptors (Lipinski definition) is 0. The molecule has 3 heteroatoms. The second-order valence-electron chi connectivity index (χ2n) is 1.09. The van der Waals surface area contributed by atoms with Gasteiger partial charge in [0, 0.05) is 0 Å². The Balaban J connectivity index is 2.63. The van der Waals surface area contributed by atoms with Crippen molar-refractivity contribution in [3.63, 3.8) is 0 Å². The van der Waals surface area contributed by atoms with Gasteiger partial charge in [0.2, 0.25) is 0 Å². The maximum absolute atomic E-state index is 5.54. The predicted octanol–water partition coefficient (Wildman–Crippen LogP) is 2.36. The molecule has 1 radical (unpaired) electrons. The van der Waals surface area contributed by atoms with Gasteiger partial charge in [0.25, 0.3) is 0 Å². The molecule has 0 spiro atoms. The average Bonchev–Trinajstić information content (AvgIpc) is 1.35. The van der Waals surface area contributed by atoms with Gasteiger partial charge in [-0.05, 0) is 0 Å². The van der Waals surface area contributed by atoms with Crippen molar-refractivity contribution in [2.75, 3.05) is 0 Å². The number of halogens is 2. The minimum absolute atomic E-state index is 1.10. The molecule has 6 heavy (non-hydrogen) atoms. The third kappa shape index (κ3) is 5.38. The van der Waals surface area contributed by atoms with E-state index in [4.69, 9.17) is 17.8 Å². The Kier molecular flexibility index (Phi) is 5.58. The van der Waals surface area contributed by atoms with Crippen LogP contribution in [0.2, 0.25) is 4.44 Å². The minimum atomic E-state index is -1.67. The molecule has 0 saturated carbocycles. The molecule has 0 bridgehead atoms. The molecule has 0 nitrogen and oxygen atoms in total. The van der Waals surface area contributed by atoms with E-state index in [0.29, 0.717) is 0 Å². The zero-order valence-electron chi connectivity index (χ0n) is 3.67. The molecule has 0 aromatic carbocycles. The Morgan fingerprint density at radius 3 is 2.00 bits per heavy atom. The van der Waals surface area contributed by atoms with Crippen molar-refractivity contribution < 1.29 is 0 Å². The van der Waals surface area contributed by atoms with Crippen LogP contribution in [0.15, 0.2) is 0 Å². The predicted molar refractivity (Wildman–Crippen MR) is 32.6 cm³/mol. The van der Waals surface area contributed by atoms with Gasteiger partial charge in [-0.15, -0.1) is 0 Å². The van der Waals surface area contributed by atoms with Crippen molar-refractivity contribution >= 4 is 35.3 Å². The summed E-state index contributed by atoms with van der Waals surface area (Å²) in [7, 11) is 11.1. The van der Waals surface area contributed by atoms with E-state index in [1.165, 1.54) is 0 Å². The Morgan fingerprint density at radius 1 is 1.50 bits per heavy atom. The van der Waals surface area contributed by atoms with Crippen molar-refractivity contribution in [1.29, 1.82) is 0 Å². The molecular weight excluding hydrogens is 226 g/mol. The third-order valence-corrected chi connectivity index (χ3v) is 5.48. The standard InChI is InChI=1S/C3H7.2ClH.Sn/c1-3-2;;;/h1,3H2,2H3;2*1H;/q;;;+2/p-2. The molecule has 0 heterocycles. The van der Waals surface area contributed by atoms with Gasteiger partial charge >= 0.3 is 53.1 Å². The van der Waals surface area contributed by atoms with Crippen LogP contribution < -0.4 is 0 Å². The fourth-order valence-electron chi connectivity index (χ4n) is 0.189. The van der Waals surface area contributed by atoms with Crippen LogP contribution in [0.3, 0.4) is 0 Å². The Hall–Kier alpha value is 1.38. The van der Waals surface area contributed by atoms with Crippen molar-refractivity contribution in [2.24, 2.45) is 0 Å². The first-order valence-electron chi connectivity index (χ1n) is 1.94. The molecule has 0 amide bonds. The van der Waals surface area contributed by atoms with Crippen molar-refractivity contribution in [1.82, 2.24) is 0 Å². The van der Waals surface area contributed by atoms with Crippen molar-refractivity contribution in [3.8, 4) is 0 Å². The van der Waals surface area contributed by atoms with Crippen molar-refractivity contribution in [3.05, 3.63) is 0 Å². The molecule has 0 aliphatic heterocycles. The van der Waals surface area contributed by atoms with E-state index >= 15 is 0 Å². The van der Waals surface area contributed by atoms with Gasteiger partial charge in [-0.1, -0.05) is 0 Å². The Labute approximate surface area is 53.0 Å². The van der Waals surface area contributed by atoms with Gasteiger partial charge in [-0.2, -0.15) is 0 Å². The first-order valence-corrected chi connectivity index (χ1v) is 11.2. The molecule has 0 rings (SSSR count). The molecule has 0 fully saturated rings. The Bertz CT molecular complexity index is 30.0. The van der Waals surface area contributed by atoms with Gasteiger partial charge in [-0.3, -0.25) is 0 Å². The molecule has 0 aromatic heterocycles. The van der Waals surface area contributed by atoms with E-state index in [1.807, 2.05) is 0 Å². The summed E-state index contributed by atoms with van der Waals surface area (Å²) in [6, 6.07) is 0. The zero-order valence-corrected chi connectivity index (χ0v) is 8.04. The van der Waals surface area contributed by atoms with E-state index < -0.39 is 17.5 Å². The topological polar surface area (TPSA) is 0 Å². The quantitative estimate of drug-likeness (QED) is 0.642. The summed E-state index contributed by atoms with van der Waals surface area (Å²) in [6.45, 7) is 2.10. The van der Waals surface area contributed by atoms with Gasteiger partial charge in [-0.25, -0.2) is 0 Å². The zero-order chi connectivity index (χ0) is 4.99. The molecule has 0 unspecified atom stereocenters. The summed E-state index contributed by atoms with van der Waals surface area (Å²) in [5.41, 5.74) is 0. The first-order chi connectivity index (χ1) is 2.77. The van der Waals surface area contributed by atoms with Crippen LogP contribution >= 0.6 is 17.8 Å². The summed E-state index contributed by atoms with van der Waals surface area (Å²) in [6.07, 6.45) is 1.15. The molecule has 37 valence electrons. The Morgan fingerprint density at radius 2 is 2.00 bits per heavy atom. The molecular formula is C3H7Cl2Sn. The number of hydrogen-bond donors (Lipinski definition) is 0. The van der Waals surface area contributed by atoms with Crippen LogP contribution in [0.4, 0.5) is 0 Å². The van der Waals surface area contributed by atoms with Crippen LogP contribution in [0.25, 0.3) is 0 Å². The molecule has 0 atom stereocenters. The van der Waals surface area contributed by atoms with Gasteiger partial charge in [0.15, 0.2) is 0 Å². The third-order valence-electron chi connectivity index (χ3n) is 0.439. The molecule has 0 aliphatic carbocycles. The maximum atomic E-state index is 5.54. The molecule has 0 saturated heterocycles. The van der Waals surface area contributed by atoms with Gasteiger partial charge < -0.3 is 0 Å². The van der Waals surface area contributed by atoms with Gasteiger partial charge in [0.05, 0.1) is 0 Å². The summed E-state index contributed by atoms with van der Waals surface area (Å²) >= 11 is -1.67. The number of rotatable bonds is 2. The fourth-order valence-corrected chi connectivity index (χ4v) is 3.80. The second-order valence-corrected chi connectivity index (χ2v) is 11.9. The molecule has 0 N–H and O–H groups in total. The van der Waals surface area contributed by atoms with Crippen molar-refractivity contribution in [2.45, 2.75) is 17.8 Å². The monoisotopic (exact) mass is 233 g/mol. The molecule has 0 aliphatic rings. The molecule has 0 aromatic rings. The summed E-state index contributed by atoms with van der Waals surface area (Å²) in [5, 5.41) is 0. The van der Waals surface area contributed by atoms with E-state index in [9.17, 15) is 0 Å². The van der Waals surface area contributed by atoms with E-state index in [2.05, 4.69) is 6.92 Å². The van der Waals surface area contributed by atoms with Crippen LogP contribution in [-0.2, 0) is 0 Å². The normalized spacial score (nSPS) is 10.0. The van der Waals surface area contributed by atoms with Crippen LogP contribution in [-0.4, -0.2) is 17.5 Å². The van der Waals surface area contributed by atoms with Crippen LogP contribution in [0.1, 0.15) is 13.3 Å². The second kappa shape index (κ2) is 4.54. The van der Waals surface area contributed by atoms with E-state index in [-0.39, 0.29) is 0 Å². The first kappa shape index (κ1) is 7.38. The van der Waals surface area contributed by atoms with E-state index in [0.717, 1.165) is 10.9 Å². The summed E-state index contributed by atoms with van der Waals surface area (Å²) in [4.78, 5) is 0. The van der Waals surface area contributed by atoms with Crippen LogP contribution in [0, 0.1) is 0 Å². The van der Waals surface area contributed by atoms with Crippen LogP contribution in [0.5, 0.6) is 0 Å². The van der Waals surface area contributed by atoms with Gasteiger partial charge in [0.1, 0.15) is 0 Å². The fraction of sp³-hybridized carbons (Fsp3) is 1.00. The van der Waals surface area contributed by atoms with E-state index in [1.54, 1.807) is 0 Å². The average molecular weight is 233 g/mol. The summed E-state index contributed by atoms with van der Waals surface area (Å²) in [5.74, 6) is 0. The SMILES string of the molecule is CC[CH2][Sn]([Cl])[Cl]. The summed E-state index contributed by atoms with van der Waals surface area (Å²) < 4.78 is 1.10.